The van der Waals surface area contributed by atoms with Crippen LogP contribution in [0.4, 0.5) is 0 Å². The van der Waals surface area contributed by atoms with E-state index in [4.69, 9.17) is 14.6 Å². The second kappa shape index (κ2) is 5.79. The minimum Gasteiger partial charge on any atom is -0.504 e. The standard InChI is InChI=1S/C12H14O5/c1-8(2)12(15)17-6-5-16-9-3-4-10(13)11(14)7-9/h3-4,7,13-14H,1,5-6H2,2H3. The van der Waals surface area contributed by atoms with Crippen LogP contribution >= 0.6 is 0 Å². The molecule has 0 spiro atoms. The Balaban J connectivity index is 2.34. The molecule has 1 aromatic carbocycles. The normalized spacial score (nSPS) is 9.71. The molecule has 92 valence electrons. The Morgan fingerprint density at radius 1 is 1.29 bits per heavy atom. The van der Waals surface area contributed by atoms with Crippen LogP contribution in [0.2, 0.25) is 0 Å². The van der Waals surface area contributed by atoms with Crippen LogP contribution in [0.15, 0.2) is 30.4 Å². The number of hydrogen-bond donors (Lipinski definition) is 2. The molecule has 0 amide bonds. The number of hydrogen-bond acceptors (Lipinski definition) is 5. The topological polar surface area (TPSA) is 76.0 Å². The van der Waals surface area contributed by atoms with Crippen molar-refractivity contribution in [3.8, 4) is 17.2 Å². The van der Waals surface area contributed by atoms with Crippen LogP contribution in [0.1, 0.15) is 6.92 Å². The van der Waals surface area contributed by atoms with E-state index in [2.05, 4.69) is 6.58 Å². The van der Waals surface area contributed by atoms with Gasteiger partial charge < -0.3 is 19.7 Å². The summed E-state index contributed by atoms with van der Waals surface area (Å²) in [6, 6.07) is 4.08. The van der Waals surface area contributed by atoms with Crippen LogP contribution in [0.5, 0.6) is 17.2 Å². The van der Waals surface area contributed by atoms with Gasteiger partial charge in [0.2, 0.25) is 0 Å². The third-order valence-corrected chi connectivity index (χ3v) is 1.88. The maximum atomic E-state index is 11.0. The van der Waals surface area contributed by atoms with Crippen molar-refractivity contribution in [2.24, 2.45) is 0 Å². The lowest BCUT2D eigenvalue weighted by molar-refractivity contribution is -0.139. The monoisotopic (exact) mass is 238 g/mol. The summed E-state index contributed by atoms with van der Waals surface area (Å²) in [5.74, 6) is -0.568. The summed E-state index contributed by atoms with van der Waals surface area (Å²) in [6.45, 7) is 5.24. The maximum Gasteiger partial charge on any atom is 0.333 e. The van der Waals surface area contributed by atoms with E-state index < -0.39 is 5.97 Å². The second-order valence-corrected chi connectivity index (χ2v) is 3.42. The van der Waals surface area contributed by atoms with Gasteiger partial charge in [-0.1, -0.05) is 6.58 Å². The first-order valence-corrected chi connectivity index (χ1v) is 4.98. The van der Waals surface area contributed by atoms with Gasteiger partial charge in [-0.15, -0.1) is 0 Å². The molecule has 5 nitrogen and oxygen atoms in total. The van der Waals surface area contributed by atoms with Crippen molar-refractivity contribution in [2.75, 3.05) is 13.2 Å². The first-order valence-electron chi connectivity index (χ1n) is 4.98. The SMILES string of the molecule is C=C(C)C(=O)OCCOc1ccc(O)c(O)c1. The number of carbonyl (C=O) groups excluding carboxylic acids is 1. The van der Waals surface area contributed by atoms with Crippen molar-refractivity contribution in [2.45, 2.75) is 6.92 Å². The molecule has 1 aromatic rings. The van der Waals surface area contributed by atoms with Crippen molar-refractivity contribution in [1.29, 1.82) is 0 Å². The molecule has 0 unspecified atom stereocenters. The molecule has 1 rings (SSSR count). The summed E-state index contributed by atoms with van der Waals surface area (Å²) in [5.41, 5.74) is 0.326. The first kappa shape index (κ1) is 12.9. The fourth-order valence-electron chi connectivity index (χ4n) is 1.01. The number of rotatable bonds is 5. The van der Waals surface area contributed by atoms with E-state index in [0.717, 1.165) is 0 Å². The second-order valence-electron chi connectivity index (χ2n) is 3.42. The number of benzene rings is 1. The number of aromatic hydroxyl groups is 2. The molecule has 0 aromatic heterocycles. The third-order valence-electron chi connectivity index (χ3n) is 1.88. The van der Waals surface area contributed by atoms with E-state index >= 15 is 0 Å². The quantitative estimate of drug-likeness (QED) is 0.352. The summed E-state index contributed by atoms with van der Waals surface area (Å²) >= 11 is 0. The number of phenolic OH excluding ortho intramolecular Hbond substituents is 2. The lowest BCUT2D eigenvalue weighted by Crippen LogP contribution is -2.12. The van der Waals surface area contributed by atoms with Gasteiger partial charge in [0.15, 0.2) is 11.5 Å². The van der Waals surface area contributed by atoms with Crippen molar-refractivity contribution in [1.82, 2.24) is 0 Å². The average molecular weight is 238 g/mol. The zero-order valence-corrected chi connectivity index (χ0v) is 9.47. The fraction of sp³-hybridized carbons (Fsp3) is 0.250. The van der Waals surface area contributed by atoms with E-state index in [1.54, 1.807) is 6.92 Å². The minimum absolute atomic E-state index is 0.0906. The highest BCUT2D eigenvalue weighted by Crippen LogP contribution is 2.28. The predicted octanol–water partition coefficient (Wildman–Crippen LogP) is 1.60. The van der Waals surface area contributed by atoms with Crippen LogP contribution < -0.4 is 4.74 Å². The van der Waals surface area contributed by atoms with Gasteiger partial charge in [-0.05, 0) is 19.1 Å². The Bertz CT molecular complexity index is 425. The van der Waals surface area contributed by atoms with Crippen LogP contribution in [0, 0.1) is 0 Å². The molecule has 5 heteroatoms. The predicted molar refractivity (Wildman–Crippen MR) is 61.0 cm³/mol. The third kappa shape index (κ3) is 4.06. The molecular weight excluding hydrogens is 224 g/mol. The van der Waals surface area contributed by atoms with E-state index in [0.29, 0.717) is 11.3 Å². The van der Waals surface area contributed by atoms with Crippen LogP contribution in [-0.4, -0.2) is 29.4 Å². The van der Waals surface area contributed by atoms with E-state index in [-0.39, 0.29) is 24.7 Å². The van der Waals surface area contributed by atoms with E-state index in [1.165, 1.54) is 18.2 Å². The molecule has 0 heterocycles. The van der Waals surface area contributed by atoms with Gasteiger partial charge in [0.1, 0.15) is 19.0 Å². The fourth-order valence-corrected chi connectivity index (χ4v) is 1.01. The van der Waals surface area contributed by atoms with Crippen molar-refractivity contribution < 1.29 is 24.5 Å². The molecular formula is C12H14O5. The van der Waals surface area contributed by atoms with Crippen molar-refractivity contribution in [3.05, 3.63) is 30.4 Å². The highest BCUT2D eigenvalue weighted by Gasteiger charge is 2.04. The Labute approximate surface area is 98.9 Å². The Hall–Kier alpha value is -2.17. The molecule has 0 fully saturated rings. The first-order chi connectivity index (χ1) is 8.00. The highest BCUT2D eigenvalue weighted by atomic mass is 16.6. The average Bonchev–Trinajstić information content (AvgIpc) is 2.28. The zero-order valence-electron chi connectivity index (χ0n) is 9.47. The van der Waals surface area contributed by atoms with Gasteiger partial charge in [-0.3, -0.25) is 0 Å². The van der Waals surface area contributed by atoms with E-state index in [9.17, 15) is 9.90 Å². The number of carbonyl (C=O) groups is 1. The van der Waals surface area contributed by atoms with Gasteiger partial charge in [-0.2, -0.15) is 0 Å². The van der Waals surface area contributed by atoms with Gasteiger partial charge in [-0.25, -0.2) is 4.79 Å². The molecule has 0 aliphatic rings. The molecule has 0 saturated heterocycles. The summed E-state index contributed by atoms with van der Waals surface area (Å²) in [6.07, 6.45) is 0. The molecule has 0 aliphatic carbocycles. The molecule has 0 atom stereocenters. The highest BCUT2D eigenvalue weighted by molar-refractivity contribution is 5.86. The Kier molecular flexibility index (Phi) is 4.39. The number of ether oxygens (including phenoxy) is 2. The molecule has 0 saturated carbocycles. The molecule has 17 heavy (non-hydrogen) atoms. The maximum absolute atomic E-state index is 11.0. The molecule has 0 aliphatic heterocycles. The van der Waals surface area contributed by atoms with Crippen molar-refractivity contribution >= 4 is 5.97 Å². The van der Waals surface area contributed by atoms with Crippen LogP contribution in [0.25, 0.3) is 0 Å². The molecule has 0 radical (unpaired) electrons. The minimum atomic E-state index is -0.470. The molecule has 0 bridgehead atoms. The zero-order chi connectivity index (χ0) is 12.8. The Morgan fingerprint density at radius 3 is 2.59 bits per heavy atom. The summed E-state index contributed by atoms with van der Waals surface area (Å²) in [5, 5.41) is 18.3. The molecule has 2 N–H and O–H groups in total. The summed E-state index contributed by atoms with van der Waals surface area (Å²) < 4.78 is 10.00. The Morgan fingerprint density at radius 2 is 2.00 bits per heavy atom. The number of esters is 1. The van der Waals surface area contributed by atoms with E-state index in [1.807, 2.05) is 0 Å². The van der Waals surface area contributed by atoms with Gasteiger partial charge >= 0.3 is 5.97 Å². The van der Waals surface area contributed by atoms with Crippen molar-refractivity contribution in [3.63, 3.8) is 0 Å². The van der Waals surface area contributed by atoms with Gasteiger partial charge in [0, 0.05) is 11.6 Å². The smallest absolute Gasteiger partial charge is 0.333 e. The largest absolute Gasteiger partial charge is 0.504 e. The van der Waals surface area contributed by atoms with Gasteiger partial charge in [0.25, 0.3) is 0 Å². The van der Waals surface area contributed by atoms with Crippen LogP contribution in [0.3, 0.4) is 0 Å². The summed E-state index contributed by atoms with van der Waals surface area (Å²) in [4.78, 5) is 11.0. The lowest BCUT2D eigenvalue weighted by atomic mass is 10.3. The lowest BCUT2D eigenvalue weighted by Gasteiger charge is -2.07. The van der Waals surface area contributed by atoms with Gasteiger partial charge in [0.05, 0.1) is 0 Å². The number of phenols is 2. The van der Waals surface area contributed by atoms with Crippen LogP contribution in [-0.2, 0) is 9.53 Å². The summed E-state index contributed by atoms with van der Waals surface area (Å²) in [7, 11) is 0.